The molecule has 1 aliphatic heterocycles. The van der Waals surface area contributed by atoms with Crippen LogP contribution in [0.15, 0.2) is 36.4 Å². The molecule has 0 aromatic heterocycles. The summed E-state index contributed by atoms with van der Waals surface area (Å²) < 4.78 is 0. The second kappa shape index (κ2) is 5.82. The summed E-state index contributed by atoms with van der Waals surface area (Å²) in [5.74, 6) is 0. The molecular formula is C14H18N2S. The van der Waals surface area contributed by atoms with Crippen LogP contribution in [-0.2, 0) is 0 Å². The van der Waals surface area contributed by atoms with Crippen LogP contribution < -0.4 is 5.32 Å². The molecule has 1 heterocycles. The average Bonchev–Trinajstić information content (AvgIpc) is 2.40. The molecule has 1 aromatic carbocycles. The molecule has 0 amide bonds. The summed E-state index contributed by atoms with van der Waals surface area (Å²) in [5.41, 5.74) is 2.77. The van der Waals surface area contributed by atoms with Gasteiger partial charge in [-0.3, -0.25) is 0 Å². The molecule has 0 atom stereocenters. The van der Waals surface area contributed by atoms with Crippen LogP contribution in [0.2, 0.25) is 0 Å². The van der Waals surface area contributed by atoms with E-state index in [4.69, 9.17) is 12.2 Å². The summed E-state index contributed by atoms with van der Waals surface area (Å²) in [7, 11) is 0. The van der Waals surface area contributed by atoms with Gasteiger partial charge in [0.2, 0.25) is 0 Å². The van der Waals surface area contributed by atoms with Crippen molar-refractivity contribution in [1.29, 1.82) is 0 Å². The van der Waals surface area contributed by atoms with Gasteiger partial charge in [0.25, 0.3) is 0 Å². The molecule has 90 valence electrons. The van der Waals surface area contributed by atoms with E-state index in [2.05, 4.69) is 53.5 Å². The van der Waals surface area contributed by atoms with Gasteiger partial charge in [0, 0.05) is 19.6 Å². The first kappa shape index (κ1) is 12.1. The van der Waals surface area contributed by atoms with Crippen LogP contribution in [0.5, 0.6) is 0 Å². The first-order valence-electron chi connectivity index (χ1n) is 6.08. The Balaban J connectivity index is 2.00. The molecule has 0 saturated carbocycles. The maximum absolute atomic E-state index is 5.31. The lowest BCUT2D eigenvalue weighted by Gasteiger charge is -2.29. The Morgan fingerprint density at radius 1 is 1.35 bits per heavy atom. The second-order valence-corrected chi connectivity index (χ2v) is 4.51. The maximum Gasteiger partial charge on any atom is 0.169 e. The predicted molar refractivity (Wildman–Crippen MR) is 76.9 cm³/mol. The zero-order chi connectivity index (χ0) is 12.1. The van der Waals surface area contributed by atoms with Crippen molar-refractivity contribution in [1.82, 2.24) is 10.2 Å². The highest BCUT2D eigenvalue weighted by Gasteiger charge is 2.14. The molecule has 0 radical (unpaired) electrons. The van der Waals surface area contributed by atoms with Crippen molar-refractivity contribution in [2.24, 2.45) is 0 Å². The van der Waals surface area contributed by atoms with Crippen LogP contribution >= 0.6 is 12.2 Å². The minimum absolute atomic E-state index is 0.871. The number of thiocarbonyl (C=S) groups is 1. The third kappa shape index (κ3) is 3.07. The fraction of sp³-hybridized carbons (Fsp3) is 0.357. The monoisotopic (exact) mass is 246 g/mol. The molecule has 2 rings (SSSR count). The highest BCUT2D eigenvalue weighted by molar-refractivity contribution is 7.80. The fourth-order valence-corrected chi connectivity index (χ4v) is 2.34. The molecule has 2 nitrogen and oxygen atoms in total. The summed E-state index contributed by atoms with van der Waals surface area (Å²) in [6.07, 6.45) is 3.35. The number of hydrogen-bond acceptors (Lipinski definition) is 1. The first-order chi connectivity index (χ1) is 8.31. The van der Waals surface area contributed by atoms with E-state index < -0.39 is 0 Å². The maximum atomic E-state index is 5.31. The zero-order valence-corrected chi connectivity index (χ0v) is 11.0. The van der Waals surface area contributed by atoms with Gasteiger partial charge in [0.1, 0.15) is 0 Å². The van der Waals surface area contributed by atoms with E-state index in [1.54, 1.807) is 0 Å². The van der Waals surface area contributed by atoms with E-state index in [-0.39, 0.29) is 0 Å². The van der Waals surface area contributed by atoms with Crippen molar-refractivity contribution in [3.05, 3.63) is 42.0 Å². The SMILES string of the molecule is CCNC(=S)N1CC=C(c2ccccc2)CC1. The van der Waals surface area contributed by atoms with Gasteiger partial charge in [-0.1, -0.05) is 36.4 Å². The minimum atomic E-state index is 0.871. The Morgan fingerprint density at radius 3 is 2.71 bits per heavy atom. The zero-order valence-electron chi connectivity index (χ0n) is 10.1. The Kier molecular flexibility index (Phi) is 4.15. The molecule has 0 fully saturated rings. The molecule has 1 N–H and O–H groups in total. The van der Waals surface area contributed by atoms with Gasteiger partial charge >= 0.3 is 0 Å². The lowest BCUT2D eigenvalue weighted by Crippen LogP contribution is -2.41. The number of benzene rings is 1. The van der Waals surface area contributed by atoms with Crippen LogP contribution in [0.3, 0.4) is 0 Å². The molecule has 3 heteroatoms. The molecule has 1 aliphatic rings. The summed E-state index contributed by atoms with van der Waals surface area (Å²) in [5, 5.41) is 4.07. The predicted octanol–water partition coefficient (Wildman–Crippen LogP) is 2.67. The molecule has 0 saturated heterocycles. The van der Waals surface area contributed by atoms with Crippen LogP contribution in [0, 0.1) is 0 Å². The molecule has 17 heavy (non-hydrogen) atoms. The lowest BCUT2D eigenvalue weighted by atomic mass is 10.00. The van der Waals surface area contributed by atoms with Gasteiger partial charge in [-0.05, 0) is 36.7 Å². The molecule has 0 unspecified atom stereocenters. The third-order valence-corrected chi connectivity index (χ3v) is 3.37. The van der Waals surface area contributed by atoms with E-state index in [1.165, 1.54) is 11.1 Å². The van der Waals surface area contributed by atoms with Gasteiger partial charge in [-0.2, -0.15) is 0 Å². The first-order valence-corrected chi connectivity index (χ1v) is 6.49. The molecule has 0 spiro atoms. The summed E-state index contributed by atoms with van der Waals surface area (Å²) in [4.78, 5) is 2.21. The second-order valence-electron chi connectivity index (χ2n) is 4.13. The van der Waals surface area contributed by atoms with E-state index in [0.29, 0.717) is 0 Å². The third-order valence-electron chi connectivity index (χ3n) is 2.97. The highest BCUT2D eigenvalue weighted by atomic mass is 32.1. The van der Waals surface area contributed by atoms with Crippen LogP contribution in [0.4, 0.5) is 0 Å². The van der Waals surface area contributed by atoms with Crippen molar-refractivity contribution < 1.29 is 0 Å². The molecular weight excluding hydrogens is 228 g/mol. The van der Waals surface area contributed by atoms with Crippen molar-refractivity contribution in [2.45, 2.75) is 13.3 Å². The fourth-order valence-electron chi connectivity index (χ4n) is 2.03. The van der Waals surface area contributed by atoms with Gasteiger partial charge in [0.05, 0.1) is 0 Å². The standard InChI is InChI=1S/C14H18N2S/c1-2-15-14(17)16-10-8-13(9-11-16)12-6-4-3-5-7-12/h3-8H,2,9-11H2,1H3,(H,15,17). The van der Waals surface area contributed by atoms with Crippen LogP contribution in [0.25, 0.3) is 5.57 Å². The van der Waals surface area contributed by atoms with E-state index in [0.717, 1.165) is 31.2 Å². The normalized spacial score (nSPS) is 15.4. The van der Waals surface area contributed by atoms with E-state index >= 15 is 0 Å². The summed E-state index contributed by atoms with van der Waals surface area (Å²) in [6.45, 7) is 4.88. The quantitative estimate of drug-likeness (QED) is 0.808. The highest BCUT2D eigenvalue weighted by Crippen LogP contribution is 2.21. The molecule has 0 aliphatic carbocycles. The van der Waals surface area contributed by atoms with Gasteiger partial charge in [-0.25, -0.2) is 0 Å². The Morgan fingerprint density at radius 2 is 2.12 bits per heavy atom. The molecule has 0 bridgehead atoms. The summed E-state index contributed by atoms with van der Waals surface area (Å²) >= 11 is 5.31. The Hall–Kier alpha value is -1.35. The van der Waals surface area contributed by atoms with E-state index in [1.807, 2.05) is 0 Å². The Bertz CT molecular complexity index is 411. The molecule has 1 aromatic rings. The number of hydrogen-bond donors (Lipinski definition) is 1. The van der Waals surface area contributed by atoms with Crippen molar-refractivity contribution in [3.63, 3.8) is 0 Å². The minimum Gasteiger partial charge on any atom is -0.363 e. The van der Waals surface area contributed by atoms with Gasteiger partial charge in [-0.15, -0.1) is 0 Å². The van der Waals surface area contributed by atoms with Gasteiger partial charge < -0.3 is 10.2 Å². The lowest BCUT2D eigenvalue weighted by molar-refractivity contribution is 0.452. The average molecular weight is 246 g/mol. The number of rotatable bonds is 2. The van der Waals surface area contributed by atoms with E-state index in [9.17, 15) is 0 Å². The number of nitrogens with one attached hydrogen (secondary N) is 1. The van der Waals surface area contributed by atoms with Gasteiger partial charge in [0.15, 0.2) is 5.11 Å². The van der Waals surface area contributed by atoms with Crippen LogP contribution in [-0.4, -0.2) is 29.6 Å². The number of nitrogens with zero attached hydrogens (tertiary/aromatic N) is 1. The summed E-state index contributed by atoms with van der Waals surface area (Å²) in [6, 6.07) is 10.6. The van der Waals surface area contributed by atoms with Crippen molar-refractivity contribution >= 4 is 22.9 Å². The van der Waals surface area contributed by atoms with Crippen molar-refractivity contribution in [3.8, 4) is 0 Å². The van der Waals surface area contributed by atoms with Crippen LogP contribution in [0.1, 0.15) is 18.9 Å². The smallest absolute Gasteiger partial charge is 0.169 e. The largest absolute Gasteiger partial charge is 0.363 e. The van der Waals surface area contributed by atoms with Crippen molar-refractivity contribution in [2.75, 3.05) is 19.6 Å². The Labute approximate surface area is 108 Å². The topological polar surface area (TPSA) is 15.3 Å².